The van der Waals surface area contributed by atoms with Crippen molar-refractivity contribution in [2.75, 3.05) is 36.1 Å². The molecule has 0 radical (unpaired) electrons. The SMILES string of the molecule is CCS(=O)(=O)C[C@@H]1CCN(c2nn(CC3(CO[Si](C)(C)C(C)(C)C)CCCCC3)c3cc(Cl)ncc23)C1. The largest absolute Gasteiger partial charge is 0.416 e. The Hall–Kier alpha value is -1.16. The molecule has 1 saturated carbocycles. The van der Waals surface area contributed by atoms with Gasteiger partial charge in [-0.25, -0.2) is 13.4 Å². The van der Waals surface area contributed by atoms with Crippen molar-refractivity contribution in [3.63, 3.8) is 0 Å². The first-order valence-electron chi connectivity index (χ1n) is 13.9. The average Bonchev–Trinajstić information content (AvgIpc) is 3.42. The smallest absolute Gasteiger partial charge is 0.192 e. The highest BCUT2D eigenvalue weighted by Gasteiger charge is 2.41. The van der Waals surface area contributed by atoms with Gasteiger partial charge in [-0.3, -0.25) is 4.68 Å². The first-order chi connectivity index (χ1) is 17.2. The fourth-order valence-corrected chi connectivity index (χ4v) is 8.02. The van der Waals surface area contributed by atoms with Crippen LogP contribution in [-0.2, 0) is 20.8 Å². The van der Waals surface area contributed by atoms with Crippen molar-refractivity contribution in [2.24, 2.45) is 11.3 Å². The minimum Gasteiger partial charge on any atom is -0.416 e. The van der Waals surface area contributed by atoms with Crippen molar-refractivity contribution in [1.29, 1.82) is 0 Å². The summed E-state index contributed by atoms with van der Waals surface area (Å²) >= 11 is 6.37. The van der Waals surface area contributed by atoms with E-state index < -0.39 is 18.2 Å². The number of fused-ring (bicyclic) bond motifs is 1. The minimum atomic E-state index is -3.00. The van der Waals surface area contributed by atoms with Crippen LogP contribution in [-0.4, -0.2) is 62.7 Å². The van der Waals surface area contributed by atoms with Crippen LogP contribution >= 0.6 is 11.6 Å². The van der Waals surface area contributed by atoms with Crippen LogP contribution in [0.25, 0.3) is 10.9 Å². The van der Waals surface area contributed by atoms with Crippen LogP contribution in [0.3, 0.4) is 0 Å². The van der Waals surface area contributed by atoms with Gasteiger partial charge in [0.2, 0.25) is 0 Å². The van der Waals surface area contributed by atoms with E-state index in [1.54, 1.807) is 6.92 Å². The molecule has 10 heteroatoms. The number of hydrogen-bond acceptors (Lipinski definition) is 6. The molecule has 2 aromatic rings. The van der Waals surface area contributed by atoms with E-state index in [1.807, 2.05) is 12.3 Å². The third-order valence-electron chi connectivity index (χ3n) is 9.04. The fourth-order valence-electron chi connectivity index (χ4n) is 5.54. The lowest BCUT2D eigenvalue weighted by atomic mass is 9.74. The number of sulfone groups is 1. The number of hydrogen-bond donors (Lipinski definition) is 0. The number of pyridine rings is 1. The summed E-state index contributed by atoms with van der Waals surface area (Å²) < 4.78 is 33.4. The number of anilines is 1. The molecule has 2 aliphatic rings. The molecule has 1 saturated heterocycles. The lowest BCUT2D eigenvalue weighted by molar-refractivity contribution is 0.0680. The van der Waals surface area contributed by atoms with E-state index >= 15 is 0 Å². The Bertz CT molecular complexity index is 1200. The Kier molecular flexibility index (Phi) is 8.40. The first kappa shape index (κ1) is 28.8. The van der Waals surface area contributed by atoms with Gasteiger partial charge in [0, 0.05) is 49.7 Å². The third-order valence-corrected chi connectivity index (χ3v) is 15.6. The van der Waals surface area contributed by atoms with Gasteiger partial charge < -0.3 is 9.33 Å². The molecule has 3 heterocycles. The Morgan fingerprint density at radius 3 is 2.57 bits per heavy atom. The Labute approximate surface area is 229 Å². The zero-order valence-corrected chi connectivity index (χ0v) is 26.1. The standard InChI is InChI=1S/C27H45ClN4O3SSi/c1-7-36(33,34)18-21-11-14-31(17-21)25-22-16-29-24(28)15-23(22)32(30-25)19-27(12-9-8-10-13-27)20-35-37(5,6)26(2,3)4/h15-16,21H,7-14,17-20H2,1-6H3/t21-/m1/s1. The van der Waals surface area contributed by atoms with E-state index in [-0.39, 0.29) is 27.9 Å². The predicted octanol–water partition coefficient (Wildman–Crippen LogP) is 6.32. The summed E-state index contributed by atoms with van der Waals surface area (Å²) in [5.74, 6) is 1.47. The minimum absolute atomic E-state index is 0.0441. The molecule has 4 rings (SSSR count). The van der Waals surface area contributed by atoms with Gasteiger partial charge in [0.1, 0.15) is 15.0 Å². The van der Waals surface area contributed by atoms with Crippen molar-refractivity contribution in [3.8, 4) is 0 Å². The number of rotatable bonds is 9. The summed E-state index contributed by atoms with van der Waals surface area (Å²) in [6.45, 7) is 16.3. The van der Waals surface area contributed by atoms with Gasteiger partial charge in [-0.05, 0) is 43.3 Å². The van der Waals surface area contributed by atoms with E-state index in [4.69, 9.17) is 21.1 Å². The second-order valence-corrected chi connectivity index (χ2v) is 20.5. The van der Waals surface area contributed by atoms with Crippen molar-refractivity contribution in [2.45, 2.75) is 90.9 Å². The molecule has 7 nitrogen and oxygen atoms in total. The number of halogens is 1. The molecule has 0 bridgehead atoms. The summed E-state index contributed by atoms with van der Waals surface area (Å²) in [7, 11) is -4.88. The summed E-state index contributed by atoms with van der Waals surface area (Å²) in [5.41, 5.74) is 1.04. The topological polar surface area (TPSA) is 77.3 Å². The summed E-state index contributed by atoms with van der Waals surface area (Å²) in [5, 5.41) is 6.77. The monoisotopic (exact) mass is 568 g/mol. The molecule has 0 aromatic carbocycles. The molecule has 208 valence electrons. The maximum atomic E-state index is 12.2. The molecular weight excluding hydrogens is 524 g/mol. The highest BCUT2D eigenvalue weighted by Crippen LogP contribution is 2.43. The van der Waals surface area contributed by atoms with Gasteiger partial charge in [-0.15, -0.1) is 0 Å². The van der Waals surface area contributed by atoms with Crippen LogP contribution in [0.5, 0.6) is 0 Å². The van der Waals surface area contributed by atoms with Gasteiger partial charge in [-0.2, -0.15) is 5.10 Å². The highest BCUT2D eigenvalue weighted by molar-refractivity contribution is 7.91. The van der Waals surface area contributed by atoms with E-state index in [0.29, 0.717) is 11.7 Å². The number of aromatic nitrogens is 3. The summed E-state index contributed by atoms with van der Waals surface area (Å²) in [6.07, 6.45) is 8.67. The van der Waals surface area contributed by atoms with E-state index in [2.05, 4.69) is 48.4 Å². The fraction of sp³-hybridized carbons (Fsp3) is 0.778. The molecule has 1 aliphatic heterocycles. The summed E-state index contributed by atoms with van der Waals surface area (Å²) in [4.78, 5) is 6.61. The second kappa shape index (κ2) is 10.8. The van der Waals surface area contributed by atoms with Gasteiger partial charge in [0.15, 0.2) is 14.1 Å². The van der Waals surface area contributed by atoms with Crippen molar-refractivity contribution in [1.82, 2.24) is 14.8 Å². The van der Waals surface area contributed by atoms with E-state index in [0.717, 1.165) is 55.7 Å². The zero-order valence-electron chi connectivity index (χ0n) is 23.5. The van der Waals surface area contributed by atoms with Crippen LogP contribution < -0.4 is 4.90 Å². The first-order valence-corrected chi connectivity index (χ1v) is 19.0. The lowest BCUT2D eigenvalue weighted by Gasteiger charge is -2.43. The molecule has 37 heavy (non-hydrogen) atoms. The predicted molar refractivity (Wildman–Crippen MR) is 156 cm³/mol. The van der Waals surface area contributed by atoms with E-state index in [1.165, 1.54) is 19.3 Å². The van der Waals surface area contributed by atoms with Crippen LogP contribution in [0.1, 0.15) is 66.2 Å². The molecule has 0 spiro atoms. The number of nitrogens with zero attached hydrogens (tertiary/aromatic N) is 4. The van der Waals surface area contributed by atoms with Crippen LogP contribution in [0, 0.1) is 11.3 Å². The normalized spacial score (nSPS) is 21.2. The Morgan fingerprint density at radius 1 is 1.22 bits per heavy atom. The maximum absolute atomic E-state index is 12.2. The molecule has 1 aliphatic carbocycles. The Balaban J connectivity index is 1.62. The van der Waals surface area contributed by atoms with Gasteiger partial charge in [-0.1, -0.05) is 58.6 Å². The zero-order chi connectivity index (χ0) is 27.1. The van der Waals surface area contributed by atoms with Crippen molar-refractivity contribution >= 4 is 46.5 Å². The molecule has 0 amide bonds. The van der Waals surface area contributed by atoms with Crippen molar-refractivity contribution in [3.05, 3.63) is 17.4 Å². The van der Waals surface area contributed by atoms with Gasteiger partial charge in [0.05, 0.1) is 16.7 Å². The van der Waals surface area contributed by atoms with Crippen LogP contribution in [0.2, 0.25) is 23.3 Å². The van der Waals surface area contributed by atoms with E-state index in [9.17, 15) is 8.42 Å². The molecule has 2 fully saturated rings. The van der Waals surface area contributed by atoms with Crippen LogP contribution in [0.15, 0.2) is 12.3 Å². The molecular formula is C27H45ClN4O3SSi. The van der Waals surface area contributed by atoms with Gasteiger partial charge in [0.25, 0.3) is 0 Å². The lowest BCUT2D eigenvalue weighted by Crippen LogP contribution is -2.45. The van der Waals surface area contributed by atoms with Crippen molar-refractivity contribution < 1.29 is 12.8 Å². The second-order valence-electron chi connectivity index (χ2n) is 12.9. The van der Waals surface area contributed by atoms with Crippen LogP contribution in [0.4, 0.5) is 5.82 Å². The maximum Gasteiger partial charge on any atom is 0.192 e. The molecule has 2 aromatic heterocycles. The quantitative estimate of drug-likeness (QED) is 0.260. The third kappa shape index (κ3) is 6.53. The molecule has 0 N–H and O–H groups in total. The van der Waals surface area contributed by atoms with Gasteiger partial charge >= 0.3 is 0 Å². The molecule has 1 atom stereocenters. The summed E-state index contributed by atoms with van der Waals surface area (Å²) in [6, 6.07) is 1.92. The Morgan fingerprint density at radius 2 is 1.92 bits per heavy atom. The average molecular weight is 569 g/mol. The highest BCUT2D eigenvalue weighted by atomic mass is 35.5. The molecule has 0 unspecified atom stereocenters.